The summed E-state index contributed by atoms with van der Waals surface area (Å²) < 4.78 is 12.5. The molecule has 9 heteroatoms. The van der Waals surface area contributed by atoms with Crippen LogP contribution >= 0.6 is 23.4 Å². The van der Waals surface area contributed by atoms with Crippen LogP contribution in [-0.4, -0.2) is 20.8 Å². The number of allylic oxidation sites excluding steroid dienone is 1. The standard InChI is InChI=1S/C36H32ClN5O2S/c37-25-15-17-26(18-16-25)45-35(33-27(23-9-1-2-10-23)21-31(41-33)43-29-13-5-7-19-39-29)34-32(24-11-3-4-12-24)28(22-38)36(42-34)44-30-14-6-8-20-40-30/h5-8,13-21,23-24,41H,1-4,9-12H2/b35-34+. The highest BCUT2D eigenvalue weighted by molar-refractivity contribution is 8.08. The highest BCUT2D eigenvalue weighted by atomic mass is 35.5. The van der Waals surface area contributed by atoms with E-state index in [4.69, 9.17) is 26.1 Å². The molecule has 1 N–H and O–H groups in total. The van der Waals surface area contributed by atoms with Gasteiger partial charge in [0.05, 0.1) is 16.3 Å². The van der Waals surface area contributed by atoms with Gasteiger partial charge in [-0.2, -0.15) is 5.26 Å². The smallest absolute Gasteiger partial charge is 0.240 e. The van der Waals surface area contributed by atoms with Gasteiger partial charge in [0, 0.05) is 46.1 Å². The van der Waals surface area contributed by atoms with Crippen molar-refractivity contribution in [1.29, 1.82) is 5.26 Å². The predicted octanol–water partition coefficient (Wildman–Crippen LogP) is 9.87. The summed E-state index contributed by atoms with van der Waals surface area (Å²) in [4.78, 5) is 19.4. The van der Waals surface area contributed by atoms with Crippen LogP contribution in [0.25, 0.3) is 4.91 Å². The van der Waals surface area contributed by atoms with Crippen LogP contribution < -0.4 is 9.47 Å². The molecule has 0 amide bonds. The lowest BCUT2D eigenvalue weighted by Gasteiger charge is -2.18. The molecule has 0 spiro atoms. The molecule has 1 aromatic carbocycles. The molecule has 0 atom stereocenters. The monoisotopic (exact) mass is 633 g/mol. The molecule has 1 aliphatic heterocycles. The highest BCUT2D eigenvalue weighted by Gasteiger charge is 2.37. The average molecular weight is 634 g/mol. The number of thioether (sulfide) groups is 1. The normalized spacial score (nSPS) is 18.3. The number of nitrogens with zero attached hydrogens (tertiary/aromatic N) is 4. The first-order valence-electron chi connectivity index (χ1n) is 15.5. The van der Waals surface area contributed by atoms with E-state index in [-0.39, 0.29) is 5.92 Å². The summed E-state index contributed by atoms with van der Waals surface area (Å²) in [5.74, 6) is 2.42. The number of aromatic nitrogens is 3. The van der Waals surface area contributed by atoms with Crippen molar-refractivity contribution in [3.05, 3.63) is 112 Å². The van der Waals surface area contributed by atoms with Crippen LogP contribution in [0.3, 0.4) is 0 Å². The number of H-pyrrole nitrogens is 1. The highest BCUT2D eigenvalue weighted by Crippen LogP contribution is 2.50. The zero-order valence-electron chi connectivity index (χ0n) is 24.7. The summed E-state index contributed by atoms with van der Waals surface area (Å²) in [5, 5.41) is 11.2. The quantitative estimate of drug-likeness (QED) is 0.194. The van der Waals surface area contributed by atoms with Crippen LogP contribution in [0.4, 0.5) is 0 Å². The van der Waals surface area contributed by atoms with Gasteiger partial charge in [0.15, 0.2) is 5.88 Å². The fourth-order valence-corrected chi connectivity index (χ4v) is 7.69. The van der Waals surface area contributed by atoms with Gasteiger partial charge in [0.25, 0.3) is 0 Å². The van der Waals surface area contributed by atoms with Gasteiger partial charge in [0.2, 0.25) is 17.7 Å². The molecule has 3 aromatic heterocycles. The van der Waals surface area contributed by atoms with Crippen LogP contribution in [0.2, 0.25) is 5.02 Å². The van der Waals surface area contributed by atoms with Crippen molar-refractivity contribution < 1.29 is 9.47 Å². The number of pyridine rings is 2. The Bertz CT molecular complexity index is 1800. The predicted molar refractivity (Wildman–Crippen MR) is 177 cm³/mol. The first-order valence-corrected chi connectivity index (χ1v) is 16.7. The lowest BCUT2D eigenvalue weighted by molar-refractivity contribution is 0.447. The van der Waals surface area contributed by atoms with E-state index in [1.807, 2.05) is 54.6 Å². The first-order chi connectivity index (χ1) is 22.2. The number of hydrogen-bond acceptors (Lipinski definition) is 7. The average Bonchev–Trinajstić information content (AvgIpc) is 3.89. The van der Waals surface area contributed by atoms with E-state index in [1.54, 1.807) is 30.2 Å². The van der Waals surface area contributed by atoms with E-state index >= 15 is 0 Å². The Balaban J connectivity index is 1.43. The maximum atomic E-state index is 10.6. The van der Waals surface area contributed by atoms with Gasteiger partial charge in [0.1, 0.15) is 11.6 Å². The summed E-state index contributed by atoms with van der Waals surface area (Å²) in [5.41, 5.74) is 4.36. The van der Waals surface area contributed by atoms with Gasteiger partial charge in [-0.05, 0) is 79.5 Å². The molecule has 0 radical (unpaired) electrons. The molecule has 0 saturated heterocycles. The van der Waals surface area contributed by atoms with Gasteiger partial charge in [-0.1, -0.05) is 61.2 Å². The number of benzene rings is 1. The van der Waals surface area contributed by atoms with Crippen LogP contribution in [0.1, 0.15) is 68.5 Å². The molecule has 4 aromatic rings. The van der Waals surface area contributed by atoms with E-state index in [1.165, 1.54) is 18.4 Å². The number of aromatic amines is 1. The third kappa shape index (κ3) is 6.42. The Morgan fingerprint density at radius 3 is 2.11 bits per heavy atom. The SMILES string of the molecule is N#CC1=C(C2CCCC2)/C(=C(\Sc2ccc(Cl)cc2)c2[nH]c(Oc3ccccn3)cc2C2CCCC2)N=C1Oc1ccccn1. The second-order valence-corrected chi connectivity index (χ2v) is 13.0. The molecule has 7 rings (SSSR count). The molecule has 226 valence electrons. The molecule has 45 heavy (non-hydrogen) atoms. The fraction of sp³-hybridized carbons (Fsp3) is 0.278. The van der Waals surface area contributed by atoms with Crippen LogP contribution in [-0.2, 0) is 0 Å². The maximum Gasteiger partial charge on any atom is 0.240 e. The first kappa shape index (κ1) is 29.4. The van der Waals surface area contributed by atoms with Crippen molar-refractivity contribution in [1.82, 2.24) is 15.0 Å². The number of hydrogen-bond donors (Lipinski definition) is 1. The number of rotatable bonds is 8. The molecule has 2 saturated carbocycles. The Hall–Kier alpha value is -4.32. The molecular formula is C36H32ClN5O2S. The molecule has 4 heterocycles. The largest absolute Gasteiger partial charge is 0.423 e. The van der Waals surface area contributed by atoms with Gasteiger partial charge < -0.3 is 14.5 Å². The summed E-state index contributed by atoms with van der Waals surface area (Å²) >= 11 is 7.91. The van der Waals surface area contributed by atoms with Crippen molar-refractivity contribution in [2.24, 2.45) is 10.9 Å². The van der Waals surface area contributed by atoms with Gasteiger partial charge >= 0.3 is 0 Å². The number of nitriles is 1. The second-order valence-electron chi connectivity index (χ2n) is 11.5. The Morgan fingerprint density at radius 2 is 1.49 bits per heavy atom. The van der Waals surface area contributed by atoms with E-state index in [0.29, 0.717) is 40.1 Å². The van der Waals surface area contributed by atoms with E-state index in [0.717, 1.165) is 65.3 Å². The number of aliphatic imine (C=N–C) groups is 1. The minimum atomic E-state index is 0.207. The number of nitrogens with one attached hydrogen (secondary N) is 1. The summed E-state index contributed by atoms with van der Waals surface area (Å²) in [6.45, 7) is 0. The Kier molecular flexibility index (Phi) is 8.72. The third-order valence-electron chi connectivity index (χ3n) is 8.61. The number of ether oxygens (including phenoxy) is 2. The molecule has 0 unspecified atom stereocenters. The minimum absolute atomic E-state index is 0.207. The summed E-state index contributed by atoms with van der Waals surface area (Å²) in [6, 6.07) is 23.5. The zero-order valence-corrected chi connectivity index (χ0v) is 26.3. The minimum Gasteiger partial charge on any atom is -0.423 e. The molecule has 0 bridgehead atoms. The third-order valence-corrected chi connectivity index (χ3v) is 9.97. The second kappa shape index (κ2) is 13.4. The van der Waals surface area contributed by atoms with Gasteiger partial charge in [-0.15, -0.1) is 0 Å². The van der Waals surface area contributed by atoms with Crippen LogP contribution in [0.5, 0.6) is 17.6 Å². The Morgan fingerprint density at radius 1 is 0.844 bits per heavy atom. The topological polar surface area (TPSA) is 96.2 Å². The van der Waals surface area contributed by atoms with Crippen molar-refractivity contribution in [3.63, 3.8) is 0 Å². The molecule has 2 fully saturated rings. The number of halogens is 1. The lowest BCUT2D eigenvalue weighted by Crippen LogP contribution is -2.11. The molecule has 7 nitrogen and oxygen atoms in total. The summed E-state index contributed by atoms with van der Waals surface area (Å²) in [6.07, 6.45) is 12.2. The fourth-order valence-electron chi connectivity index (χ4n) is 6.53. The molecular weight excluding hydrogens is 602 g/mol. The lowest BCUT2D eigenvalue weighted by atomic mass is 9.90. The van der Waals surface area contributed by atoms with Crippen molar-refractivity contribution in [3.8, 4) is 23.7 Å². The van der Waals surface area contributed by atoms with Crippen LogP contribution in [0.15, 0.2) is 106 Å². The molecule has 2 aliphatic carbocycles. The van der Waals surface area contributed by atoms with Gasteiger partial charge in [-0.25, -0.2) is 15.0 Å². The Labute approximate surface area is 272 Å². The van der Waals surface area contributed by atoms with Crippen molar-refractivity contribution in [2.75, 3.05) is 0 Å². The zero-order chi connectivity index (χ0) is 30.6. The van der Waals surface area contributed by atoms with Crippen molar-refractivity contribution >= 4 is 34.2 Å². The van der Waals surface area contributed by atoms with Crippen molar-refractivity contribution in [2.45, 2.75) is 62.2 Å². The van der Waals surface area contributed by atoms with E-state index in [2.05, 4.69) is 27.1 Å². The molecule has 3 aliphatic rings. The van der Waals surface area contributed by atoms with E-state index in [9.17, 15) is 5.26 Å². The van der Waals surface area contributed by atoms with Crippen LogP contribution in [0, 0.1) is 17.2 Å². The van der Waals surface area contributed by atoms with E-state index < -0.39 is 0 Å². The van der Waals surface area contributed by atoms with Gasteiger partial charge in [-0.3, -0.25) is 0 Å². The summed E-state index contributed by atoms with van der Waals surface area (Å²) in [7, 11) is 0. The maximum absolute atomic E-state index is 10.6.